The Morgan fingerprint density at radius 1 is 0.767 bits per heavy atom. The number of carbonyl (C=O) groups is 3. The number of hydrogen-bond acceptors (Lipinski definition) is 5. The molecule has 0 heterocycles. The second kappa shape index (κ2) is 13.1. The fourth-order valence-electron chi connectivity index (χ4n) is 2.92. The van der Waals surface area contributed by atoms with Crippen LogP contribution >= 0.6 is 0 Å². The second-order valence-electron chi connectivity index (χ2n) is 6.81. The standard InChI is InChI=1S/C24H29NO5/c1-2-29-24(28)15-17-25(19-21-11-7-4-8-12-21)22(26)13-14-23(27)30-18-16-20-9-5-3-6-10-20/h3-12H,2,13-19H2,1H3. The van der Waals surface area contributed by atoms with Crippen LogP contribution in [0.25, 0.3) is 0 Å². The Morgan fingerprint density at radius 2 is 1.37 bits per heavy atom. The molecule has 2 rings (SSSR count). The van der Waals surface area contributed by atoms with Crippen LogP contribution in [0.3, 0.4) is 0 Å². The Labute approximate surface area is 177 Å². The summed E-state index contributed by atoms with van der Waals surface area (Å²) in [4.78, 5) is 38.0. The highest BCUT2D eigenvalue weighted by atomic mass is 16.5. The zero-order valence-electron chi connectivity index (χ0n) is 17.4. The van der Waals surface area contributed by atoms with Crippen molar-refractivity contribution in [3.8, 4) is 0 Å². The van der Waals surface area contributed by atoms with Crippen LogP contribution in [-0.2, 0) is 36.8 Å². The lowest BCUT2D eigenvalue weighted by Crippen LogP contribution is -2.33. The molecule has 6 heteroatoms. The molecule has 0 atom stereocenters. The number of esters is 2. The van der Waals surface area contributed by atoms with Gasteiger partial charge in [0.05, 0.1) is 26.1 Å². The maximum Gasteiger partial charge on any atom is 0.307 e. The summed E-state index contributed by atoms with van der Waals surface area (Å²) in [5.41, 5.74) is 2.05. The molecular formula is C24H29NO5. The van der Waals surface area contributed by atoms with Gasteiger partial charge in [-0.25, -0.2) is 0 Å². The molecule has 2 aromatic carbocycles. The molecule has 0 radical (unpaired) electrons. The maximum atomic E-state index is 12.7. The molecule has 0 bridgehead atoms. The van der Waals surface area contributed by atoms with Crippen LogP contribution in [0, 0.1) is 0 Å². The van der Waals surface area contributed by atoms with E-state index in [1.54, 1.807) is 11.8 Å². The molecule has 2 aromatic rings. The topological polar surface area (TPSA) is 72.9 Å². The average molecular weight is 411 g/mol. The quantitative estimate of drug-likeness (QED) is 0.500. The Bertz CT molecular complexity index is 792. The Kier molecular flexibility index (Phi) is 10.1. The third-order valence-electron chi connectivity index (χ3n) is 4.50. The molecule has 0 fully saturated rings. The predicted molar refractivity (Wildman–Crippen MR) is 113 cm³/mol. The molecule has 0 aromatic heterocycles. The first-order valence-electron chi connectivity index (χ1n) is 10.3. The lowest BCUT2D eigenvalue weighted by Gasteiger charge is -2.22. The monoisotopic (exact) mass is 411 g/mol. The number of rotatable bonds is 12. The minimum absolute atomic E-state index is 0.0122. The van der Waals surface area contributed by atoms with Crippen LogP contribution in [0.4, 0.5) is 0 Å². The highest BCUT2D eigenvalue weighted by Crippen LogP contribution is 2.09. The van der Waals surface area contributed by atoms with E-state index in [1.165, 1.54) is 0 Å². The lowest BCUT2D eigenvalue weighted by molar-refractivity contribution is -0.147. The van der Waals surface area contributed by atoms with Crippen molar-refractivity contribution in [2.75, 3.05) is 19.8 Å². The molecule has 0 saturated carbocycles. The third-order valence-corrected chi connectivity index (χ3v) is 4.50. The summed E-state index contributed by atoms with van der Waals surface area (Å²) in [6.45, 7) is 2.96. The van der Waals surface area contributed by atoms with Gasteiger partial charge in [-0.1, -0.05) is 60.7 Å². The van der Waals surface area contributed by atoms with Gasteiger partial charge in [-0.3, -0.25) is 14.4 Å². The van der Waals surface area contributed by atoms with Crippen molar-refractivity contribution >= 4 is 17.8 Å². The van der Waals surface area contributed by atoms with E-state index in [2.05, 4.69) is 0 Å². The number of benzene rings is 2. The van der Waals surface area contributed by atoms with E-state index in [9.17, 15) is 14.4 Å². The first-order valence-corrected chi connectivity index (χ1v) is 10.3. The van der Waals surface area contributed by atoms with Gasteiger partial charge in [-0.15, -0.1) is 0 Å². The molecule has 30 heavy (non-hydrogen) atoms. The highest BCUT2D eigenvalue weighted by molar-refractivity contribution is 5.81. The van der Waals surface area contributed by atoms with Gasteiger partial charge in [-0.05, 0) is 18.1 Å². The third kappa shape index (κ3) is 8.90. The number of nitrogens with zero attached hydrogens (tertiary/aromatic N) is 1. The van der Waals surface area contributed by atoms with Crippen LogP contribution < -0.4 is 0 Å². The zero-order chi connectivity index (χ0) is 21.6. The predicted octanol–water partition coefficient (Wildman–Crippen LogP) is 3.53. The van der Waals surface area contributed by atoms with E-state index < -0.39 is 5.97 Å². The summed E-state index contributed by atoms with van der Waals surface area (Å²) in [6, 6.07) is 19.3. The van der Waals surface area contributed by atoms with E-state index in [4.69, 9.17) is 9.47 Å². The second-order valence-corrected chi connectivity index (χ2v) is 6.81. The van der Waals surface area contributed by atoms with Gasteiger partial charge in [0.15, 0.2) is 0 Å². The van der Waals surface area contributed by atoms with Gasteiger partial charge in [0, 0.05) is 25.9 Å². The molecule has 0 spiro atoms. The summed E-state index contributed by atoms with van der Waals surface area (Å²) >= 11 is 0. The largest absolute Gasteiger partial charge is 0.466 e. The summed E-state index contributed by atoms with van der Waals surface area (Å²) in [6.07, 6.45) is 0.812. The minimum Gasteiger partial charge on any atom is -0.466 e. The molecule has 160 valence electrons. The molecule has 0 saturated heterocycles. The van der Waals surface area contributed by atoms with E-state index in [1.807, 2.05) is 60.7 Å². The van der Waals surface area contributed by atoms with Gasteiger partial charge in [0.25, 0.3) is 0 Å². The molecule has 1 amide bonds. The molecule has 0 unspecified atom stereocenters. The molecule has 6 nitrogen and oxygen atoms in total. The Hall–Kier alpha value is -3.15. The van der Waals surface area contributed by atoms with Crippen molar-refractivity contribution < 1.29 is 23.9 Å². The normalized spacial score (nSPS) is 10.3. The van der Waals surface area contributed by atoms with Gasteiger partial charge in [-0.2, -0.15) is 0 Å². The van der Waals surface area contributed by atoms with Crippen molar-refractivity contribution in [3.05, 3.63) is 71.8 Å². The van der Waals surface area contributed by atoms with Crippen LogP contribution in [0.2, 0.25) is 0 Å². The van der Waals surface area contributed by atoms with Crippen molar-refractivity contribution in [2.45, 2.75) is 39.2 Å². The van der Waals surface area contributed by atoms with Crippen LogP contribution in [0.15, 0.2) is 60.7 Å². The zero-order valence-corrected chi connectivity index (χ0v) is 17.4. The molecule has 0 aliphatic carbocycles. The van der Waals surface area contributed by atoms with Gasteiger partial charge < -0.3 is 14.4 Å². The summed E-state index contributed by atoms with van der Waals surface area (Å²) in [5, 5.41) is 0. The van der Waals surface area contributed by atoms with Crippen molar-refractivity contribution in [1.82, 2.24) is 4.90 Å². The van der Waals surface area contributed by atoms with E-state index >= 15 is 0 Å². The fraction of sp³-hybridized carbons (Fsp3) is 0.375. The van der Waals surface area contributed by atoms with Crippen LogP contribution in [-0.4, -0.2) is 42.5 Å². The highest BCUT2D eigenvalue weighted by Gasteiger charge is 2.17. The number of amides is 1. The summed E-state index contributed by atoms with van der Waals surface area (Å²) < 4.78 is 10.2. The molecule has 0 aliphatic heterocycles. The first-order chi connectivity index (χ1) is 14.6. The Balaban J connectivity index is 1.81. The SMILES string of the molecule is CCOC(=O)CCN(Cc1ccccc1)C(=O)CCC(=O)OCCc1ccccc1. The van der Waals surface area contributed by atoms with E-state index in [0.29, 0.717) is 19.6 Å². The summed E-state index contributed by atoms with van der Waals surface area (Å²) in [5.74, 6) is -0.934. The smallest absolute Gasteiger partial charge is 0.307 e. The maximum absolute atomic E-state index is 12.7. The molecule has 0 N–H and O–H groups in total. The number of hydrogen-bond donors (Lipinski definition) is 0. The van der Waals surface area contributed by atoms with Crippen LogP contribution in [0.5, 0.6) is 0 Å². The number of carbonyl (C=O) groups excluding carboxylic acids is 3. The van der Waals surface area contributed by atoms with Crippen molar-refractivity contribution in [1.29, 1.82) is 0 Å². The average Bonchev–Trinajstić information content (AvgIpc) is 2.76. The van der Waals surface area contributed by atoms with Crippen LogP contribution in [0.1, 0.15) is 37.3 Å². The van der Waals surface area contributed by atoms with Gasteiger partial charge in [0.1, 0.15) is 0 Å². The van der Waals surface area contributed by atoms with Gasteiger partial charge >= 0.3 is 11.9 Å². The number of ether oxygens (including phenoxy) is 2. The van der Waals surface area contributed by atoms with Crippen molar-refractivity contribution in [2.24, 2.45) is 0 Å². The fourth-order valence-corrected chi connectivity index (χ4v) is 2.92. The minimum atomic E-state index is -0.399. The van der Waals surface area contributed by atoms with Gasteiger partial charge in [0.2, 0.25) is 5.91 Å². The van der Waals surface area contributed by atoms with E-state index in [-0.39, 0.29) is 44.3 Å². The van der Waals surface area contributed by atoms with E-state index in [0.717, 1.165) is 11.1 Å². The lowest BCUT2D eigenvalue weighted by atomic mass is 10.2. The van der Waals surface area contributed by atoms with Crippen molar-refractivity contribution in [3.63, 3.8) is 0 Å². The summed E-state index contributed by atoms with van der Waals surface area (Å²) in [7, 11) is 0. The molecular weight excluding hydrogens is 382 g/mol. The Morgan fingerprint density at radius 3 is 2.00 bits per heavy atom. The molecule has 0 aliphatic rings. The first kappa shape index (κ1) is 23.1.